The number of hydrogen-bond donors (Lipinski definition) is 1. The molecule has 2 heteroatoms. The second kappa shape index (κ2) is 9.19. The number of pyridine rings is 1. The Balaban J connectivity index is 1.61. The molecule has 3 rings (SSSR count). The van der Waals surface area contributed by atoms with Gasteiger partial charge < -0.3 is 5.11 Å². The fourth-order valence-corrected chi connectivity index (χ4v) is 3.16. The fourth-order valence-electron chi connectivity index (χ4n) is 3.16. The molecule has 2 aromatic carbocycles. The molecule has 0 unspecified atom stereocenters. The summed E-state index contributed by atoms with van der Waals surface area (Å²) in [6, 6.07) is 20.0. The lowest BCUT2D eigenvalue weighted by molar-refractivity contribution is 0.475. The highest BCUT2D eigenvalue weighted by Crippen LogP contribution is 2.25. The molecule has 3 aromatic rings. The molecule has 0 amide bonds. The number of aromatic nitrogens is 1. The van der Waals surface area contributed by atoms with Gasteiger partial charge in [-0.1, -0.05) is 75.1 Å². The predicted molar refractivity (Wildman–Crippen MR) is 109 cm³/mol. The largest absolute Gasteiger partial charge is 0.508 e. The van der Waals surface area contributed by atoms with Gasteiger partial charge in [0.1, 0.15) is 5.75 Å². The van der Waals surface area contributed by atoms with E-state index in [4.69, 9.17) is 0 Å². The summed E-state index contributed by atoms with van der Waals surface area (Å²) in [6.45, 7) is 2.25. The number of unbranched alkanes of at least 4 members (excludes halogenated alkanes) is 4. The van der Waals surface area contributed by atoms with E-state index < -0.39 is 0 Å². The Hall–Kier alpha value is -2.61. The van der Waals surface area contributed by atoms with Gasteiger partial charge in [-0.25, -0.2) is 0 Å². The Labute approximate surface area is 156 Å². The molecule has 0 spiro atoms. The Kier molecular flexibility index (Phi) is 6.43. The van der Waals surface area contributed by atoms with Crippen LogP contribution in [0.4, 0.5) is 0 Å². The average molecular weight is 345 g/mol. The van der Waals surface area contributed by atoms with Gasteiger partial charge in [0.05, 0.1) is 5.69 Å². The van der Waals surface area contributed by atoms with E-state index >= 15 is 0 Å². The third kappa shape index (κ3) is 4.95. The summed E-state index contributed by atoms with van der Waals surface area (Å²) in [6.07, 6.45) is 9.69. The monoisotopic (exact) mass is 345 g/mol. The summed E-state index contributed by atoms with van der Waals surface area (Å²) in [7, 11) is 0. The van der Waals surface area contributed by atoms with Crippen molar-refractivity contribution in [2.45, 2.75) is 45.4 Å². The number of phenols is 1. The van der Waals surface area contributed by atoms with Crippen molar-refractivity contribution in [3.63, 3.8) is 0 Å². The summed E-state index contributed by atoms with van der Waals surface area (Å²) >= 11 is 0. The zero-order valence-electron chi connectivity index (χ0n) is 15.5. The van der Waals surface area contributed by atoms with Crippen LogP contribution in [0.3, 0.4) is 0 Å². The van der Waals surface area contributed by atoms with Gasteiger partial charge in [-0.05, 0) is 47.7 Å². The number of aryl methyl sites for hydroxylation is 1. The molecule has 0 radical (unpaired) electrons. The number of aromatic hydroxyl groups is 1. The first-order chi connectivity index (χ1) is 12.8. The molecule has 0 bridgehead atoms. The molecule has 1 heterocycles. The molecule has 1 N–H and O–H groups in total. The Morgan fingerprint density at radius 1 is 0.692 bits per heavy atom. The SMILES string of the molecule is CCCCCCCc1ccc(-c2ccc(-c3ccc(O)cc3)cc2)nc1. The van der Waals surface area contributed by atoms with E-state index in [1.807, 2.05) is 18.3 Å². The third-order valence-electron chi connectivity index (χ3n) is 4.78. The van der Waals surface area contributed by atoms with Gasteiger partial charge in [0.25, 0.3) is 0 Å². The van der Waals surface area contributed by atoms with Crippen molar-refractivity contribution in [1.29, 1.82) is 0 Å². The van der Waals surface area contributed by atoms with E-state index in [2.05, 4.69) is 48.3 Å². The topological polar surface area (TPSA) is 33.1 Å². The van der Waals surface area contributed by atoms with Crippen LogP contribution in [0.25, 0.3) is 22.4 Å². The Morgan fingerprint density at radius 2 is 1.31 bits per heavy atom. The zero-order chi connectivity index (χ0) is 18.2. The average Bonchev–Trinajstić information content (AvgIpc) is 2.69. The Bertz CT molecular complexity index is 789. The van der Waals surface area contributed by atoms with E-state index in [-0.39, 0.29) is 0 Å². The normalized spacial score (nSPS) is 10.8. The molecular formula is C24H27NO. The van der Waals surface area contributed by atoms with E-state index in [0.717, 1.165) is 28.8 Å². The van der Waals surface area contributed by atoms with E-state index in [9.17, 15) is 5.11 Å². The maximum absolute atomic E-state index is 9.40. The van der Waals surface area contributed by atoms with Crippen LogP contribution < -0.4 is 0 Å². The molecule has 2 nitrogen and oxygen atoms in total. The minimum atomic E-state index is 0.292. The molecule has 0 fully saturated rings. The molecule has 1 aromatic heterocycles. The van der Waals surface area contributed by atoms with Crippen molar-refractivity contribution < 1.29 is 5.11 Å². The maximum Gasteiger partial charge on any atom is 0.115 e. The second-order valence-electron chi connectivity index (χ2n) is 6.84. The van der Waals surface area contributed by atoms with E-state index in [1.54, 1.807) is 12.1 Å². The summed E-state index contributed by atoms with van der Waals surface area (Å²) in [5, 5.41) is 9.40. The maximum atomic E-state index is 9.40. The summed E-state index contributed by atoms with van der Waals surface area (Å²) in [5.41, 5.74) is 5.70. The molecule has 0 atom stereocenters. The van der Waals surface area contributed by atoms with Gasteiger partial charge in [0.2, 0.25) is 0 Å². The highest BCUT2D eigenvalue weighted by molar-refractivity contribution is 5.69. The molecular weight excluding hydrogens is 318 g/mol. The first-order valence-corrected chi connectivity index (χ1v) is 9.61. The van der Waals surface area contributed by atoms with Gasteiger partial charge in [-0.3, -0.25) is 4.98 Å². The van der Waals surface area contributed by atoms with Gasteiger partial charge in [0.15, 0.2) is 0 Å². The first-order valence-electron chi connectivity index (χ1n) is 9.61. The molecule has 0 aliphatic rings. The zero-order valence-corrected chi connectivity index (χ0v) is 15.5. The fraction of sp³-hybridized carbons (Fsp3) is 0.292. The van der Waals surface area contributed by atoms with Crippen LogP contribution >= 0.6 is 0 Å². The van der Waals surface area contributed by atoms with Gasteiger partial charge in [-0.15, -0.1) is 0 Å². The van der Waals surface area contributed by atoms with Crippen LogP contribution in [-0.2, 0) is 6.42 Å². The number of benzene rings is 2. The lowest BCUT2D eigenvalue weighted by Crippen LogP contribution is -1.90. The smallest absolute Gasteiger partial charge is 0.115 e. The highest BCUT2D eigenvalue weighted by Gasteiger charge is 2.02. The van der Waals surface area contributed by atoms with Crippen molar-refractivity contribution in [2.75, 3.05) is 0 Å². The third-order valence-corrected chi connectivity index (χ3v) is 4.78. The molecule has 0 aliphatic carbocycles. The van der Waals surface area contributed by atoms with Crippen LogP contribution in [0, 0.1) is 0 Å². The van der Waals surface area contributed by atoms with Crippen LogP contribution in [0.5, 0.6) is 5.75 Å². The standard InChI is InChI=1S/C24H27NO/c1-2-3-4-5-6-7-19-8-17-24(25-18-19)22-11-9-20(10-12-22)21-13-15-23(26)16-14-21/h8-18,26H,2-7H2,1H3. The van der Waals surface area contributed by atoms with Crippen molar-refractivity contribution in [3.05, 3.63) is 72.4 Å². The minimum absolute atomic E-state index is 0.292. The summed E-state index contributed by atoms with van der Waals surface area (Å²) < 4.78 is 0. The van der Waals surface area contributed by atoms with Crippen molar-refractivity contribution in [3.8, 4) is 28.1 Å². The predicted octanol–water partition coefficient (Wildman–Crippen LogP) is 6.63. The van der Waals surface area contributed by atoms with Crippen molar-refractivity contribution in [2.24, 2.45) is 0 Å². The van der Waals surface area contributed by atoms with Crippen LogP contribution in [0.15, 0.2) is 66.9 Å². The highest BCUT2D eigenvalue weighted by atomic mass is 16.3. The number of hydrogen-bond acceptors (Lipinski definition) is 2. The van der Waals surface area contributed by atoms with Crippen molar-refractivity contribution >= 4 is 0 Å². The van der Waals surface area contributed by atoms with E-state index in [0.29, 0.717) is 5.75 Å². The van der Waals surface area contributed by atoms with Crippen LogP contribution in [-0.4, -0.2) is 10.1 Å². The summed E-state index contributed by atoms with van der Waals surface area (Å²) in [4.78, 5) is 4.64. The second-order valence-corrected chi connectivity index (χ2v) is 6.84. The van der Waals surface area contributed by atoms with Gasteiger partial charge in [0, 0.05) is 11.8 Å². The molecule has 0 aliphatic heterocycles. The van der Waals surface area contributed by atoms with Gasteiger partial charge in [-0.2, -0.15) is 0 Å². The number of phenolic OH excluding ortho intramolecular Hbond substituents is 1. The number of nitrogens with zero attached hydrogens (tertiary/aromatic N) is 1. The van der Waals surface area contributed by atoms with Gasteiger partial charge >= 0.3 is 0 Å². The minimum Gasteiger partial charge on any atom is -0.508 e. The molecule has 26 heavy (non-hydrogen) atoms. The van der Waals surface area contributed by atoms with Crippen LogP contribution in [0.1, 0.15) is 44.6 Å². The summed E-state index contributed by atoms with van der Waals surface area (Å²) in [5.74, 6) is 0.292. The quantitative estimate of drug-likeness (QED) is 0.464. The number of rotatable bonds is 8. The van der Waals surface area contributed by atoms with Crippen LogP contribution in [0.2, 0.25) is 0 Å². The lowest BCUT2D eigenvalue weighted by atomic mass is 10.0. The lowest BCUT2D eigenvalue weighted by Gasteiger charge is -2.06. The Morgan fingerprint density at radius 3 is 1.92 bits per heavy atom. The molecule has 0 saturated heterocycles. The molecule has 0 saturated carbocycles. The van der Waals surface area contributed by atoms with Crippen molar-refractivity contribution in [1.82, 2.24) is 4.98 Å². The molecule has 134 valence electrons. The first kappa shape index (κ1) is 18.2. The van der Waals surface area contributed by atoms with E-state index in [1.165, 1.54) is 37.7 Å².